The molecule has 0 bridgehead atoms. The van der Waals surface area contributed by atoms with Gasteiger partial charge in [0.2, 0.25) is 34.4 Å². The molecule has 9 aromatic rings. The summed E-state index contributed by atoms with van der Waals surface area (Å²) in [7, 11) is 0. The maximum atomic E-state index is 6.19. The molecule has 436 valence electrons. The van der Waals surface area contributed by atoms with Crippen molar-refractivity contribution in [2.24, 2.45) is 0 Å². The van der Waals surface area contributed by atoms with Crippen LogP contribution in [0.25, 0.3) is 51.5 Å². The quantitative estimate of drug-likeness (QED) is 0.0396. The van der Waals surface area contributed by atoms with Crippen molar-refractivity contribution in [2.45, 2.75) is 113 Å². The molecule has 85 heavy (non-hydrogen) atoms. The molecule has 0 N–H and O–H groups in total. The molecule has 0 fully saturated rings. The topological polar surface area (TPSA) is 88.5 Å². The zero-order valence-electron chi connectivity index (χ0n) is 50.2. The van der Waals surface area contributed by atoms with Crippen LogP contribution in [0.3, 0.4) is 0 Å². The lowest BCUT2D eigenvalue weighted by Gasteiger charge is -2.17. The van der Waals surface area contributed by atoms with Crippen molar-refractivity contribution < 1.29 is 41.2 Å². The van der Waals surface area contributed by atoms with Crippen molar-refractivity contribution in [3.8, 4) is 17.2 Å². The van der Waals surface area contributed by atoms with Crippen LogP contribution >= 0.6 is 0 Å². The summed E-state index contributed by atoms with van der Waals surface area (Å²) >= 11 is 0. The number of ether oxygens (including phenoxy) is 3. The smallest absolute Gasteiger partial charge is 0.374 e. The van der Waals surface area contributed by atoms with Gasteiger partial charge in [-0.25, -0.2) is 0 Å². The summed E-state index contributed by atoms with van der Waals surface area (Å²) < 4.78 is 42.8. The van der Waals surface area contributed by atoms with Crippen molar-refractivity contribution in [1.82, 2.24) is 0 Å². The zero-order valence-corrected chi connectivity index (χ0v) is 50.2. The fourth-order valence-electron chi connectivity index (χ4n) is 11.0. The van der Waals surface area contributed by atoms with Gasteiger partial charge in [0.1, 0.15) is 13.1 Å². The Bertz CT molecular complexity index is 3910. The number of allylic oxidation sites excluding steroid dienone is 8. The van der Waals surface area contributed by atoms with E-state index in [1.165, 1.54) is 38.5 Å². The van der Waals surface area contributed by atoms with Gasteiger partial charge in [-0.1, -0.05) is 137 Å². The highest BCUT2D eigenvalue weighted by Crippen LogP contribution is 2.41. The predicted molar refractivity (Wildman–Crippen MR) is 344 cm³/mol. The Morgan fingerprint density at radius 1 is 0.353 bits per heavy atom. The van der Waals surface area contributed by atoms with Crippen LogP contribution in [0.15, 0.2) is 225 Å². The molecule has 0 spiro atoms. The van der Waals surface area contributed by atoms with Crippen molar-refractivity contribution in [3.05, 3.63) is 230 Å². The predicted octanol–water partition coefficient (Wildman–Crippen LogP) is 17.2. The van der Waals surface area contributed by atoms with E-state index in [9.17, 15) is 0 Å². The number of para-hydroxylation sites is 12. The summed E-state index contributed by atoms with van der Waals surface area (Å²) in [6.45, 7) is 18.4. The number of rotatable bonds is 21. The summed E-state index contributed by atoms with van der Waals surface area (Å²) in [6.07, 6.45) is 31.9. The third kappa shape index (κ3) is 13.9. The van der Waals surface area contributed by atoms with E-state index in [1.54, 1.807) is 0 Å². The molecule has 3 aliphatic rings. The fraction of sp³-hybridized carbons (Fsp3) is 0.274. The number of nitrogens with zero attached hydrogens (tertiary/aromatic N) is 6. The first kappa shape index (κ1) is 58.9. The number of benzene rings is 6. The molecular formula is C73H81N6O6+3. The molecule has 0 atom stereocenters. The molecule has 0 saturated carbocycles. The van der Waals surface area contributed by atoms with Crippen molar-refractivity contribution in [2.75, 3.05) is 34.3 Å². The number of oxazole rings is 3. The second-order valence-electron chi connectivity index (χ2n) is 20.8. The number of aryl methyl sites for hydroxylation is 3. The molecule has 3 aromatic heterocycles. The van der Waals surface area contributed by atoms with Crippen LogP contribution in [-0.4, -0.2) is 19.6 Å². The van der Waals surface area contributed by atoms with Crippen molar-refractivity contribution >= 4 is 68.6 Å². The molecule has 6 heterocycles. The minimum atomic E-state index is 0.833. The van der Waals surface area contributed by atoms with E-state index in [0.29, 0.717) is 0 Å². The van der Waals surface area contributed by atoms with Crippen LogP contribution < -0.4 is 42.6 Å². The molecule has 0 unspecified atom stereocenters. The average molecular weight is 1140 g/mol. The first-order chi connectivity index (χ1) is 41.9. The van der Waals surface area contributed by atoms with E-state index in [2.05, 4.69) is 137 Å². The summed E-state index contributed by atoms with van der Waals surface area (Å²) in [5, 5.41) is 0. The monoisotopic (exact) mass is 1140 g/mol. The normalized spacial score (nSPS) is 15.0. The molecule has 3 aliphatic heterocycles. The Balaban J connectivity index is 0.000000143. The number of unbranched alkanes of at least 4 members (excludes halogenated alkanes) is 6. The van der Waals surface area contributed by atoms with E-state index < -0.39 is 0 Å². The SMILES string of the molecule is CCCCCCN1/C(=C\C=C\c2oc3ccccc3[n+]2CCCCCC)Oc2ccccc21.CCN1/C(=C/C=C/c2oc3ccccc3[n+]2CC)Oc2ccccc21.CCN1\C(=C/C=C/C=C/c2oc3ccccc3[n+]2CC)Oc2ccccc21. The summed E-state index contributed by atoms with van der Waals surface area (Å²) in [5.74, 6) is 7.85. The molecule has 0 amide bonds. The third-order valence-corrected chi connectivity index (χ3v) is 15.2. The Hall–Kier alpha value is -9.29. The first-order valence-corrected chi connectivity index (χ1v) is 30.6. The third-order valence-electron chi connectivity index (χ3n) is 15.2. The van der Waals surface area contributed by atoms with Crippen LogP contribution in [0, 0.1) is 0 Å². The Morgan fingerprint density at radius 2 is 0.729 bits per heavy atom. The van der Waals surface area contributed by atoms with E-state index in [-0.39, 0.29) is 0 Å². The van der Waals surface area contributed by atoms with Gasteiger partial charge in [0, 0.05) is 44.3 Å². The standard InChI is InChI=1S/C29H37N2O2.C23H23N2O2.C21H21N2O2/c1-3-5-7-13-22-30-24-16-9-11-18-26(24)32-28(30)20-15-21-29-31(23-14-8-6-4-2)25-17-10-12-19-27(25)33-29;1-3-24-18-12-8-10-14-20(18)26-22(24)16-6-5-7-17-23-25(4-2)19-13-9-11-15-21(19)27-23;1-3-22-16-10-5-7-12-18(16)24-20(22)14-9-15-21-23(4-2)17-11-6-8-13-19(17)25-21/h9-12,15-21H,3-8,13-14,22-23H2,1-2H3;5-17H,3-4H2,1-2H3;5-15H,3-4H2,1-2H3/q3*+1. The van der Waals surface area contributed by atoms with Gasteiger partial charge in [0.05, 0.1) is 35.3 Å². The van der Waals surface area contributed by atoms with Gasteiger partial charge in [-0.2, -0.15) is 13.7 Å². The summed E-state index contributed by atoms with van der Waals surface area (Å²) in [4.78, 5) is 6.62. The highest BCUT2D eigenvalue weighted by molar-refractivity contribution is 5.73. The summed E-state index contributed by atoms with van der Waals surface area (Å²) in [6, 6.07) is 49.0. The molecule has 0 saturated heterocycles. The Labute approximate surface area is 501 Å². The van der Waals surface area contributed by atoms with Crippen molar-refractivity contribution in [1.29, 1.82) is 0 Å². The Kier molecular flexibility index (Phi) is 20.3. The van der Waals surface area contributed by atoms with Gasteiger partial charge >= 0.3 is 17.7 Å². The highest BCUT2D eigenvalue weighted by atomic mass is 16.5. The molecule has 0 aliphatic carbocycles. The maximum Gasteiger partial charge on any atom is 0.374 e. The Morgan fingerprint density at radius 3 is 1.19 bits per heavy atom. The molecule has 12 heteroatoms. The molecule has 0 radical (unpaired) electrons. The molecular weight excluding hydrogens is 1060 g/mol. The van der Waals surface area contributed by atoms with Crippen LogP contribution in [-0.2, 0) is 19.6 Å². The fourth-order valence-corrected chi connectivity index (χ4v) is 11.0. The van der Waals surface area contributed by atoms with Crippen molar-refractivity contribution in [3.63, 3.8) is 0 Å². The average Bonchev–Trinajstić information content (AvgIpc) is 4.09. The van der Waals surface area contributed by atoms with Crippen LogP contribution in [0.1, 0.15) is 111 Å². The van der Waals surface area contributed by atoms with E-state index >= 15 is 0 Å². The molecule has 6 aromatic carbocycles. The lowest BCUT2D eigenvalue weighted by atomic mass is 10.2. The summed E-state index contributed by atoms with van der Waals surface area (Å²) in [5.41, 5.74) is 9.49. The number of anilines is 3. The first-order valence-electron chi connectivity index (χ1n) is 30.6. The van der Waals surface area contributed by atoms with Gasteiger partial charge in [-0.05, 0) is 126 Å². The number of hydrogen-bond acceptors (Lipinski definition) is 9. The number of fused-ring (bicyclic) bond motifs is 6. The van der Waals surface area contributed by atoms with Gasteiger partial charge in [-0.15, -0.1) is 0 Å². The molecule has 12 rings (SSSR count). The van der Waals surface area contributed by atoms with Crippen LogP contribution in [0.4, 0.5) is 17.1 Å². The van der Waals surface area contributed by atoms with Gasteiger partial charge in [-0.3, -0.25) is 0 Å². The van der Waals surface area contributed by atoms with Gasteiger partial charge in [0.15, 0.2) is 23.8 Å². The highest BCUT2D eigenvalue weighted by Gasteiger charge is 2.28. The maximum absolute atomic E-state index is 6.19. The second-order valence-corrected chi connectivity index (χ2v) is 20.8. The molecule has 12 nitrogen and oxygen atoms in total. The number of aromatic nitrogens is 3. The van der Waals surface area contributed by atoms with Crippen LogP contribution in [0.2, 0.25) is 0 Å². The van der Waals surface area contributed by atoms with Gasteiger partial charge < -0.3 is 42.2 Å². The second kappa shape index (κ2) is 29.3. The van der Waals surface area contributed by atoms with E-state index in [0.717, 1.165) is 155 Å². The van der Waals surface area contributed by atoms with Crippen LogP contribution in [0.5, 0.6) is 17.2 Å². The largest absolute Gasteiger partial charge is 0.439 e. The lowest BCUT2D eigenvalue weighted by Crippen LogP contribution is -2.35. The number of hydrogen-bond donors (Lipinski definition) is 0. The van der Waals surface area contributed by atoms with E-state index in [4.69, 9.17) is 27.5 Å². The van der Waals surface area contributed by atoms with Gasteiger partial charge in [0.25, 0.3) is 16.6 Å². The minimum absolute atomic E-state index is 0.833. The van der Waals surface area contributed by atoms with E-state index in [1.807, 2.05) is 146 Å². The zero-order chi connectivity index (χ0) is 58.7. The minimum Gasteiger partial charge on any atom is -0.439 e. The lowest BCUT2D eigenvalue weighted by molar-refractivity contribution is -0.678.